The van der Waals surface area contributed by atoms with Crippen LogP contribution in [0.1, 0.15) is 61.9 Å². The maximum Gasteiger partial charge on any atom is 0.341 e. The van der Waals surface area contributed by atoms with E-state index in [-0.39, 0.29) is 17.8 Å². The van der Waals surface area contributed by atoms with Gasteiger partial charge in [0.05, 0.1) is 12.2 Å². The van der Waals surface area contributed by atoms with Gasteiger partial charge in [0.25, 0.3) is 0 Å². The molecular formula is C15H21NO3S. The second-order valence-corrected chi connectivity index (χ2v) is 6.07. The fraction of sp³-hybridized carbons (Fsp3) is 0.600. The van der Waals surface area contributed by atoms with Gasteiger partial charge in [-0.2, -0.15) is 0 Å². The van der Waals surface area contributed by atoms with Crippen molar-refractivity contribution in [1.29, 1.82) is 0 Å². The van der Waals surface area contributed by atoms with Gasteiger partial charge in [0.2, 0.25) is 5.91 Å². The molecule has 2 rings (SSSR count). The Morgan fingerprint density at radius 1 is 1.45 bits per heavy atom. The predicted molar refractivity (Wildman–Crippen MR) is 80.3 cm³/mol. The summed E-state index contributed by atoms with van der Waals surface area (Å²) in [5, 5.41) is 5.50. The summed E-state index contributed by atoms with van der Waals surface area (Å²) in [5.74, 6) is 0.0359. The Morgan fingerprint density at radius 3 is 2.70 bits per heavy atom. The van der Waals surface area contributed by atoms with Crippen molar-refractivity contribution in [3.05, 3.63) is 16.5 Å². The summed E-state index contributed by atoms with van der Waals surface area (Å²) in [6.45, 7) is 5.99. The monoisotopic (exact) mass is 295 g/mol. The molecule has 0 aliphatic heterocycles. The predicted octanol–water partition coefficient (Wildman–Crippen LogP) is 3.79. The molecule has 4 nitrogen and oxygen atoms in total. The molecule has 1 aromatic rings. The zero-order chi connectivity index (χ0) is 14.7. The minimum Gasteiger partial charge on any atom is -0.462 e. The highest BCUT2D eigenvalue weighted by molar-refractivity contribution is 7.15. The molecule has 1 atom stereocenters. The molecule has 1 aliphatic carbocycles. The summed E-state index contributed by atoms with van der Waals surface area (Å²) in [6, 6.07) is 0. The zero-order valence-corrected chi connectivity index (χ0v) is 13.0. The quantitative estimate of drug-likeness (QED) is 0.812. The first-order valence-electron chi connectivity index (χ1n) is 7.17. The van der Waals surface area contributed by atoms with Crippen LogP contribution in [0.4, 0.5) is 5.00 Å². The molecule has 1 unspecified atom stereocenters. The molecule has 1 aliphatic rings. The topological polar surface area (TPSA) is 55.4 Å². The summed E-state index contributed by atoms with van der Waals surface area (Å²) >= 11 is 1.42. The van der Waals surface area contributed by atoms with Crippen LogP contribution in [-0.4, -0.2) is 18.5 Å². The Bertz CT molecular complexity index is 505. The highest BCUT2D eigenvalue weighted by Gasteiger charge is 2.32. The van der Waals surface area contributed by atoms with E-state index >= 15 is 0 Å². The molecule has 0 saturated heterocycles. The van der Waals surface area contributed by atoms with E-state index in [1.165, 1.54) is 11.3 Å². The van der Waals surface area contributed by atoms with Crippen molar-refractivity contribution in [3.63, 3.8) is 0 Å². The number of hydrogen-bond donors (Lipinski definition) is 1. The molecule has 1 amide bonds. The van der Waals surface area contributed by atoms with Crippen LogP contribution in [0.15, 0.2) is 5.38 Å². The van der Waals surface area contributed by atoms with E-state index in [0.29, 0.717) is 23.1 Å². The van der Waals surface area contributed by atoms with Crippen molar-refractivity contribution in [2.24, 2.45) is 5.92 Å². The van der Waals surface area contributed by atoms with E-state index in [1.807, 2.05) is 19.2 Å². The molecule has 0 spiro atoms. The maximum absolute atomic E-state index is 12.1. The van der Waals surface area contributed by atoms with Crippen LogP contribution >= 0.6 is 11.3 Å². The van der Waals surface area contributed by atoms with Gasteiger partial charge in [0.15, 0.2) is 0 Å². The molecule has 0 aromatic carbocycles. The van der Waals surface area contributed by atoms with Crippen molar-refractivity contribution in [3.8, 4) is 0 Å². The summed E-state index contributed by atoms with van der Waals surface area (Å²) in [5.41, 5.74) is 1.60. The molecule has 1 aromatic heterocycles. The van der Waals surface area contributed by atoms with Crippen molar-refractivity contribution in [1.82, 2.24) is 0 Å². The normalized spacial score (nSPS) is 15.8. The van der Waals surface area contributed by atoms with Crippen LogP contribution < -0.4 is 5.32 Å². The Labute approximate surface area is 123 Å². The first-order valence-corrected chi connectivity index (χ1v) is 8.05. The smallest absolute Gasteiger partial charge is 0.341 e. The number of hydrogen-bond acceptors (Lipinski definition) is 4. The highest BCUT2D eigenvalue weighted by Crippen LogP contribution is 2.46. The van der Waals surface area contributed by atoms with E-state index in [2.05, 4.69) is 5.32 Å². The number of esters is 1. The standard InChI is InChI=1S/C15H21NO3S/c1-4-9(3)13(17)16-14-12(15(18)19-5-2)11(8-20-14)10-6-7-10/h8-10H,4-7H2,1-3H3,(H,16,17). The van der Waals surface area contributed by atoms with Crippen LogP contribution in [0.3, 0.4) is 0 Å². The number of rotatable bonds is 6. The van der Waals surface area contributed by atoms with Gasteiger partial charge in [-0.25, -0.2) is 4.79 Å². The molecule has 0 bridgehead atoms. The van der Waals surface area contributed by atoms with Crippen LogP contribution in [-0.2, 0) is 9.53 Å². The largest absolute Gasteiger partial charge is 0.462 e. The fourth-order valence-corrected chi connectivity index (χ4v) is 3.03. The third kappa shape index (κ3) is 3.20. The van der Waals surface area contributed by atoms with Gasteiger partial charge in [-0.3, -0.25) is 4.79 Å². The number of thiophene rings is 1. The van der Waals surface area contributed by atoms with E-state index in [1.54, 1.807) is 6.92 Å². The first-order chi connectivity index (χ1) is 9.58. The van der Waals surface area contributed by atoms with Gasteiger partial charge in [0, 0.05) is 5.92 Å². The van der Waals surface area contributed by atoms with E-state index in [9.17, 15) is 9.59 Å². The number of carbonyl (C=O) groups is 2. The number of carbonyl (C=O) groups excluding carboxylic acids is 2. The van der Waals surface area contributed by atoms with Crippen LogP contribution in [0.25, 0.3) is 0 Å². The van der Waals surface area contributed by atoms with Gasteiger partial charge < -0.3 is 10.1 Å². The molecule has 1 N–H and O–H groups in total. The van der Waals surface area contributed by atoms with Gasteiger partial charge in [-0.1, -0.05) is 13.8 Å². The van der Waals surface area contributed by atoms with Crippen LogP contribution in [0.5, 0.6) is 0 Å². The Morgan fingerprint density at radius 2 is 2.15 bits per heavy atom. The van der Waals surface area contributed by atoms with Crippen LogP contribution in [0, 0.1) is 5.92 Å². The molecule has 110 valence electrons. The van der Waals surface area contributed by atoms with Gasteiger partial charge >= 0.3 is 5.97 Å². The molecule has 0 radical (unpaired) electrons. The summed E-state index contributed by atoms with van der Waals surface area (Å²) < 4.78 is 5.13. The second-order valence-electron chi connectivity index (χ2n) is 5.19. The molecule has 20 heavy (non-hydrogen) atoms. The minimum atomic E-state index is -0.324. The van der Waals surface area contributed by atoms with Crippen molar-refractivity contribution in [2.45, 2.75) is 46.0 Å². The second kappa shape index (κ2) is 6.39. The molecule has 5 heteroatoms. The van der Waals surface area contributed by atoms with Gasteiger partial charge in [-0.05, 0) is 43.0 Å². The summed E-state index contributed by atoms with van der Waals surface area (Å²) in [6.07, 6.45) is 3.01. The van der Waals surface area contributed by atoms with E-state index in [0.717, 1.165) is 24.8 Å². The summed E-state index contributed by atoms with van der Waals surface area (Å²) in [7, 11) is 0. The molecular weight excluding hydrogens is 274 g/mol. The van der Waals surface area contributed by atoms with E-state index in [4.69, 9.17) is 4.74 Å². The van der Waals surface area contributed by atoms with Crippen LogP contribution in [0.2, 0.25) is 0 Å². The first kappa shape index (κ1) is 15.0. The lowest BCUT2D eigenvalue weighted by Gasteiger charge is -2.11. The molecule has 1 heterocycles. The van der Waals surface area contributed by atoms with Crippen molar-refractivity contribution >= 4 is 28.2 Å². The summed E-state index contributed by atoms with van der Waals surface area (Å²) in [4.78, 5) is 24.1. The molecule has 1 fully saturated rings. The maximum atomic E-state index is 12.1. The lowest BCUT2D eigenvalue weighted by molar-refractivity contribution is -0.119. The Balaban J connectivity index is 2.23. The van der Waals surface area contributed by atoms with E-state index < -0.39 is 0 Å². The lowest BCUT2D eigenvalue weighted by Crippen LogP contribution is -2.20. The third-order valence-corrected chi connectivity index (χ3v) is 4.53. The minimum absolute atomic E-state index is 0.0396. The molecule has 1 saturated carbocycles. The third-order valence-electron chi connectivity index (χ3n) is 3.61. The lowest BCUT2D eigenvalue weighted by atomic mass is 10.1. The van der Waals surface area contributed by atoms with Crippen molar-refractivity contribution in [2.75, 3.05) is 11.9 Å². The number of amides is 1. The van der Waals surface area contributed by atoms with Gasteiger partial charge in [-0.15, -0.1) is 11.3 Å². The average molecular weight is 295 g/mol. The Hall–Kier alpha value is -1.36. The number of ether oxygens (including phenoxy) is 1. The number of anilines is 1. The highest BCUT2D eigenvalue weighted by atomic mass is 32.1. The zero-order valence-electron chi connectivity index (χ0n) is 12.2. The van der Waals surface area contributed by atoms with Crippen molar-refractivity contribution < 1.29 is 14.3 Å². The van der Waals surface area contributed by atoms with Gasteiger partial charge in [0.1, 0.15) is 5.00 Å². The number of nitrogens with one attached hydrogen (secondary N) is 1. The Kier molecular flexibility index (Phi) is 4.81. The fourth-order valence-electron chi connectivity index (χ4n) is 1.99. The average Bonchev–Trinajstić information content (AvgIpc) is 3.19. The SMILES string of the molecule is CCOC(=O)c1c(C2CC2)csc1NC(=O)C(C)CC.